The van der Waals surface area contributed by atoms with E-state index in [0.29, 0.717) is 12.4 Å². The summed E-state index contributed by atoms with van der Waals surface area (Å²) in [4.78, 5) is 4.21. The molecule has 0 amide bonds. The monoisotopic (exact) mass is 258 g/mol. The van der Waals surface area contributed by atoms with Gasteiger partial charge in [0.15, 0.2) is 11.5 Å². The van der Waals surface area contributed by atoms with Gasteiger partial charge in [-0.15, -0.1) is 0 Å². The average molecular weight is 258 g/mol. The number of ether oxygens (including phenoxy) is 2. The number of aliphatic hydroxyl groups is 1. The van der Waals surface area contributed by atoms with Crippen molar-refractivity contribution in [2.24, 2.45) is 0 Å². The van der Waals surface area contributed by atoms with E-state index < -0.39 is 0 Å². The third kappa shape index (κ3) is 2.46. The molecule has 19 heavy (non-hydrogen) atoms. The van der Waals surface area contributed by atoms with Gasteiger partial charge in [0, 0.05) is 18.3 Å². The summed E-state index contributed by atoms with van der Waals surface area (Å²) in [6.07, 6.45) is 1.70. The van der Waals surface area contributed by atoms with Crippen LogP contribution in [0.1, 0.15) is 11.1 Å². The van der Waals surface area contributed by atoms with Crippen LogP contribution in [0.4, 0.5) is 5.82 Å². The van der Waals surface area contributed by atoms with Gasteiger partial charge in [0.05, 0.1) is 6.61 Å². The molecule has 1 aromatic heterocycles. The second-order valence-corrected chi connectivity index (χ2v) is 4.21. The van der Waals surface area contributed by atoms with Crippen molar-refractivity contribution in [1.82, 2.24) is 4.98 Å². The van der Waals surface area contributed by atoms with Crippen LogP contribution in [0, 0.1) is 0 Å². The predicted octanol–water partition coefficient (Wildman–Crippen LogP) is 1.91. The number of pyridine rings is 1. The highest BCUT2D eigenvalue weighted by Crippen LogP contribution is 2.32. The zero-order valence-electron chi connectivity index (χ0n) is 10.3. The molecular formula is C14H14N2O3. The largest absolute Gasteiger partial charge is 0.454 e. The second kappa shape index (κ2) is 5.16. The van der Waals surface area contributed by atoms with E-state index in [0.717, 1.165) is 22.6 Å². The molecule has 3 rings (SSSR count). The topological polar surface area (TPSA) is 63.6 Å². The highest BCUT2D eigenvalue weighted by Gasteiger charge is 2.13. The quantitative estimate of drug-likeness (QED) is 0.877. The molecular weight excluding hydrogens is 244 g/mol. The van der Waals surface area contributed by atoms with Crippen molar-refractivity contribution in [3.05, 3.63) is 47.7 Å². The molecule has 1 aliphatic rings. The summed E-state index contributed by atoms with van der Waals surface area (Å²) in [5.41, 5.74) is 1.85. The molecule has 2 heterocycles. The van der Waals surface area contributed by atoms with Crippen LogP contribution in [-0.2, 0) is 13.2 Å². The Kier molecular flexibility index (Phi) is 3.20. The minimum absolute atomic E-state index is 0.0304. The average Bonchev–Trinajstić information content (AvgIpc) is 2.93. The van der Waals surface area contributed by atoms with Gasteiger partial charge < -0.3 is 19.9 Å². The lowest BCUT2D eigenvalue weighted by Crippen LogP contribution is -2.04. The lowest BCUT2D eigenvalue weighted by atomic mass is 10.2. The van der Waals surface area contributed by atoms with Gasteiger partial charge in [0.1, 0.15) is 5.82 Å². The Morgan fingerprint density at radius 3 is 3.00 bits per heavy atom. The molecule has 0 unspecified atom stereocenters. The maximum atomic E-state index is 9.23. The maximum absolute atomic E-state index is 9.23. The fourth-order valence-electron chi connectivity index (χ4n) is 1.96. The van der Waals surface area contributed by atoms with Crippen LogP contribution in [0.5, 0.6) is 11.5 Å². The van der Waals surface area contributed by atoms with Crippen LogP contribution in [-0.4, -0.2) is 16.9 Å². The number of fused-ring (bicyclic) bond motifs is 1. The van der Waals surface area contributed by atoms with E-state index in [9.17, 15) is 5.11 Å². The Morgan fingerprint density at radius 1 is 1.21 bits per heavy atom. The highest BCUT2D eigenvalue weighted by atomic mass is 16.7. The Bertz CT molecular complexity index is 587. The van der Waals surface area contributed by atoms with E-state index in [1.807, 2.05) is 24.3 Å². The van der Waals surface area contributed by atoms with E-state index in [1.54, 1.807) is 12.3 Å². The summed E-state index contributed by atoms with van der Waals surface area (Å²) in [5.74, 6) is 2.24. The summed E-state index contributed by atoms with van der Waals surface area (Å²) in [6.45, 7) is 0.860. The van der Waals surface area contributed by atoms with E-state index in [4.69, 9.17) is 9.47 Å². The van der Waals surface area contributed by atoms with E-state index in [2.05, 4.69) is 10.3 Å². The summed E-state index contributed by atoms with van der Waals surface area (Å²) in [6, 6.07) is 9.45. The molecule has 0 saturated carbocycles. The predicted molar refractivity (Wildman–Crippen MR) is 70.1 cm³/mol. The third-order valence-corrected chi connectivity index (χ3v) is 2.96. The normalized spacial score (nSPS) is 12.5. The molecule has 2 aromatic rings. The van der Waals surface area contributed by atoms with Crippen molar-refractivity contribution in [2.45, 2.75) is 13.2 Å². The zero-order chi connectivity index (χ0) is 13.1. The Balaban J connectivity index is 1.72. The smallest absolute Gasteiger partial charge is 0.231 e. The van der Waals surface area contributed by atoms with Crippen LogP contribution in [0.15, 0.2) is 36.5 Å². The molecule has 5 nitrogen and oxygen atoms in total. The van der Waals surface area contributed by atoms with Gasteiger partial charge in [-0.1, -0.05) is 12.1 Å². The molecule has 0 spiro atoms. The number of benzene rings is 1. The Labute approximate surface area is 110 Å². The molecule has 2 N–H and O–H groups in total. The maximum Gasteiger partial charge on any atom is 0.231 e. The molecule has 0 radical (unpaired) electrons. The molecule has 98 valence electrons. The first-order valence-electron chi connectivity index (χ1n) is 6.04. The van der Waals surface area contributed by atoms with Gasteiger partial charge in [-0.25, -0.2) is 4.98 Å². The summed E-state index contributed by atoms with van der Waals surface area (Å²) < 4.78 is 10.6. The first-order chi connectivity index (χ1) is 9.36. The fraction of sp³-hybridized carbons (Fsp3) is 0.214. The Hall–Kier alpha value is -2.27. The SMILES string of the molecule is OCc1cccnc1NCc1ccc2c(c1)OCO2. The van der Waals surface area contributed by atoms with Crippen molar-refractivity contribution >= 4 is 5.82 Å². The van der Waals surface area contributed by atoms with Crippen molar-refractivity contribution in [1.29, 1.82) is 0 Å². The molecule has 0 fully saturated rings. The van der Waals surface area contributed by atoms with Gasteiger partial charge >= 0.3 is 0 Å². The van der Waals surface area contributed by atoms with E-state index >= 15 is 0 Å². The minimum atomic E-state index is -0.0304. The molecule has 0 aliphatic carbocycles. The highest BCUT2D eigenvalue weighted by molar-refractivity contribution is 5.47. The van der Waals surface area contributed by atoms with Gasteiger partial charge in [0.2, 0.25) is 6.79 Å². The van der Waals surface area contributed by atoms with Gasteiger partial charge in [-0.05, 0) is 23.8 Å². The lowest BCUT2D eigenvalue weighted by Gasteiger charge is -2.09. The van der Waals surface area contributed by atoms with Crippen LogP contribution in [0.2, 0.25) is 0 Å². The van der Waals surface area contributed by atoms with Gasteiger partial charge in [-0.2, -0.15) is 0 Å². The van der Waals surface area contributed by atoms with Crippen molar-refractivity contribution in [2.75, 3.05) is 12.1 Å². The number of anilines is 1. The molecule has 1 aliphatic heterocycles. The number of nitrogens with zero attached hydrogens (tertiary/aromatic N) is 1. The second-order valence-electron chi connectivity index (χ2n) is 4.21. The number of hydrogen-bond donors (Lipinski definition) is 2. The van der Waals surface area contributed by atoms with Crippen LogP contribution in [0.3, 0.4) is 0 Å². The summed E-state index contributed by atoms with van der Waals surface area (Å²) >= 11 is 0. The first kappa shape index (κ1) is 11.8. The molecule has 0 bridgehead atoms. The number of rotatable bonds is 4. The fourth-order valence-corrected chi connectivity index (χ4v) is 1.96. The molecule has 0 atom stereocenters. The van der Waals surface area contributed by atoms with Crippen molar-refractivity contribution in [3.8, 4) is 11.5 Å². The first-order valence-corrected chi connectivity index (χ1v) is 6.04. The number of hydrogen-bond acceptors (Lipinski definition) is 5. The minimum Gasteiger partial charge on any atom is -0.454 e. The van der Waals surface area contributed by atoms with E-state index in [-0.39, 0.29) is 13.4 Å². The number of aliphatic hydroxyl groups excluding tert-OH is 1. The number of aromatic nitrogens is 1. The summed E-state index contributed by atoms with van der Waals surface area (Å²) in [5, 5.41) is 12.4. The van der Waals surface area contributed by atoms with Gasteiger partial charge in [0.25, 0.3) is 0 Å². The molecule has 5 heteroatoms. The van der Waals surface area contributed by atoms with Crippen LogP contribution in [0.25, 0.3) is 0 Å². The van der Waals surface area contributed by atoms with Crippen molar-refractivity contribution < 1.29 is 14.6 Å². The third-order valence-electron chi connectivity index (χ3n) is 2.96. The Morgan fingerprint density at radius 2 is 2.11 bits per heavy atom. The molecule has 1 aromatic carbocycles. The summed E-state index contributed by atoms with van der Waals surface area (Å²) in [7, 11) is 0. The number of nitrogens with one attached hydrogen (secondary N) is 1. The lowest BCUT2D eigenvalue weighted by molar-refractivity contribution is 0.174. The van der Waals surface area contributed by atoms with Gasteiger partial charge in [-0.3, -0.25) is 0 Å². The molecule has 0 saturated heterocycles. The van der Waals surface area contributed by atoms with Crippen LogP contribution < -0.4 is 14.8 Å². The van der Waals surface area contributed by atoms with Crippen LogP contribution >= 0.6 is 0 Å². The zero-order valence-corrected chi connectivity index (χ0v) is 10.3. The van der Waals surface area contributed by atoms with E-state index in [1.165, 1.54) is 0 Å². The standard InChI is InChI=1S/C14H14N2O3/c17-8-11-2-1-5-15-14(11)16-7-10-3-4-12-13(6-10)19-9-18-12/h1-6,17H,7-9H2,(H,15,16). The van der Waals surface area contributed by atoms with Crippen molar-refractivity contribution in [3.63, 3.8) is 0 Å².